The molecule has 0 N–H and O–H groups in total. The van der Waals surface area contributed by atoms with Gasteiger partial charge in [-0.2, -0.15) is 5.10 Å². The van der Waals surface area contributed by atoms with Crippen LogP contribution in [0.5, 0.6) is 0 Å². The van der Waals surface area contributed by atoms with Crippen LogP contribution in [0.3, 0.4) is 0 Å². The Labute approximate surface area is 141 Å². The third kappa shape index (κ3) is 2.24. The minimum atomic E-state index is 0.448. The van der Waals surface area contributed by atoms with E-state index in [1.165, 1.54) is 0 Å². The van der Waals surface area contributed by atoms with Crippen LogP contribution in [0.15, 0.2) is 24.7 Å². The van der Waals surface area contributed by atoms with Crippen LogP contribution >= 0.6 is 22.9 Å². The van der Waals surface area contributed by atoms with Gasteiger partial charge in [0.25, 0.3) is 0 Å². The van der Waals surface area contributed by atoms with Crippen molar-refractivity contribution >= 4 is 33.2 Å². The number of imidazole rings is 1. The van der Waals surface area contributed by atoms with Gasteiger partial charge in [0.1, 0.15) is 15.7 Å². The van der Waals surface area contributed by atoms with E-state index < -0.39 is 0 Å². The van der Waals surface area contributed by atoms with E-state index in [4.69, 9.17) is 11.6 Å². The lowest BCUT2D eigenvalue weighted by molar-refractivity contribution is 0.771. The van der Waals surface area contributed by atoms with Gasteiger partial charge in [-0.3, -0.25) is 4.68 Å². The highest BCUT2D eigenvalue weighted by atomic mass is 35.5. The lowest BCUT2D eigenvalue weighted by Crippen LogP contribution is -1.97. The highest BCUT2D eigenvalue weighted by molar-refractivity contribution is 7.22. The van der Waals surface area contributed by atoms with Crippen molar-refractivity contribution in [2.24, 2.45) is 14.1 Å². The van der Waals surface area contributed by atoms with E-state index in [-0.39, 0.29) is 0 Å². The first-order valence-electron chi connectivity index (χ1n) is 6.99. The number of aryl methyl sites for hydroxylation is 3. The van der Waals surface area contributed by atoms with Crippen LogP contribution in [0.25, 0.3) is 32.4 Å². The third-order valence-corrected chi connectivity index (χ3v) is 5.20. The van der Waals surface area contributed by atoms with Crippen LogP contribution in [-0.4, -0.2) is 29.3 Å². The van der Waals surface area contributed by atoms with Gasteiger partial charge in [-0.15, -0.1) is 11.3 Å². The van der Waals surface area contributed by atoms with Crippen LogP contribution in [0.1, 0.15) is 5.56 Å². The van der Waals surface area contributed by atoms with Gasteiger partial charge in [-0.05, 0) is 18.6 Å². The van der Waals surface area contributed by atoms with Crippen molar-refractivity contribution in [3.8, 4) is 22.2 Å². The summed E-state index contributed by atoms with van der Waals surface area (Å²) in [4.78, 5) is 15.3. The Morgan fingerprint density at radius 2 is 2.00 bits per heavy atom. The SMILES string of the molecule is Cc1c(-c2ccn(C)n2)sc2nc(-c3nccn3C)nc(Cl)c12. The molecule has 0 aliphatic rings. The van der Waals surface area contributed by atoms with Gasteiger partial charge in [0.15, 0.2) is 11.6 Å². The fourth-order valence-corrected chi connectivity index (χ4v) is 4.06. The normalized spacial score (nSPS) is 11.5. The molecule has 0 saturated heterocycles. The molecule has 0 atom stereocenters. The average Bonchev–Trinajstić information content (AvgIpc) is 3.18. The van der Waals surface area contributed by atoms with Gasteiger partial charge in [0.2, 0.25) is 0 Å². The first kappa shape index (κ1) is 14.3. The van der Waals surface area contributed by atoms with E-state index in [1.807, 2.05) is 44.0 Å². The van der Waals surface area contributed by atoms with E-state index in [2.05, 4.69) is 20.1 Å². The van der Waals surface area contributed by atoms with E-state index in [0.717, 1.165) is 26.4 Å². The molecular weight excluding hydrogens is 332 g/mol. The lowest BCUT2D eigenvalue weighted by Gasteiger charge is -2.02. The maximum absolute atomic E-state index is 6.44. The average molecular weight is 345 g/mol. The molecule has 0 bridgehead atoms. The topological polar surface area (TPSA) is 61.4 Å². The van der Waals surface area contributed by atoms with Crippen molar-refractivity contribution in [3.63, 3.8) is 0 Å². The Morgan fingerprint density at radius 1 is 1.17 bits per heavy atom. The summed E-state index contributed by atoms with van der Waals surface area (Å²) in [5.41, 5.74) is 1.97. The summed E-state index contributed by atoms with van der Waals surface area (Å²) < 4.78 is 3.66. The van der Waals surface area contributed by atoms with Crippen LogP contribution in [0, 0.1) is 6.92 Å². The lowest BCUT2D eigenvalue weighted by atomic mass is 10.2. The summed E-state index contributed by atoms with van der Waals surface area (Å²) in [6.45, 7) is 2.03. The molecule has 0 aliphatic heterocycles. The Hall–Kier alpha value is -2.25. The molecule has 0 saturated carbocycles. The van der Waals surface area contributed by atoms with Gasteiger partial charge < -0.3 is 4.57 Å². The van der Waals surface area contributed by atoms with Crippen molar-refractivity contribution in [2.45, 2.75) is 6.92 Å². The largest absolute Gasteiger partial charge is 0.331 e. The van der Waals surface area contributed by atoms with E-state index in [1.54, 1.807) is 22.2 Å². The van der Waals surface area contributed by atoms with E-state index >= 15 is 0 Å². The van der Waals surface area contributed by atoms with Crippen molar-refractivity contribution in [2.75, 3.05) is 0 Å². The second kappa shape index (κ2) is 5.14. The van der Waals surface area contributed by atoms with Gasteiger partial charge in [0, 0.05) is 32.7 Å². The minimum Gasteiger partial charge on any atom is -0.331 e. The smallest absolute Gasteiger partial charge is 0.198 e. The van der Waals surface area contributed by atoms with Crippen LogP contribution in [0.2, 0.25) is 5.15 Å². The first-order valence-corrected chi connectivity index (χ1v) is 8.18. The quantitative estimate of drug-likeness (QED) is 0.522. The zero-order valence-electron chi connectivity index (χ0n) is 12.8. The summed E-state index contributed by atoms with van der Waals surface area (Å²) >= 11 is 8.01. The molecule has 0 radical (unpaired) electrons. The molecule has 0 unspecified atom stereocenters. The Kier molecular flexibility index (Phi) is 3.21. The molecule has 8 heteroatoms. The number of fused-ring (bicyclic) bond motifs is 1. The van der Waals surface area contributed by atoms with Gasteiger partial charge in [0.05, 0.1) is 10.3 Å². The standard InChI is InChI=1S/C15H13ClN6S/c1-8-10-12(16)18-13(14-17-5-7-21(14)2)19-15(10)23-11(8)9-4-6-22(3)20-9/h4-7H,1-3H3. The maximum atomic E-state index is 6.44. The Balaban J connectivity index is 1.96. The fourth-order valence-electron chi connectivity index (χ4n) is 2.55. The molecule has 0 amide bonds. The van der Waals surface area contributed by atoms with Crippen LogP contribution in [-0.2, 0) is 14.1 Å². The number of halogens is 1. The molecule has 4 aromatic heterocycles. The maximum Gasteiger partial charge on any atom is 0.198 e. The molecule has 0 fully saturated rings. The predicted octanol–water partition coefficient (Wildman–Crippen LogP) is 3.45. The molecule has 116 valence electrons. The highest BCUT2D eigenvalue weighted by Gasteiger charge is 2.19. The monoisotopic (exact) mass is 344 g/mol. The van der Waals surface area contributed by atoms with Crippen molar-refractivity contribution in [3.05, 3.63) is 35.4 Å². The Bertz CT molecular complexity index is 1030. The number of aromatic nitrogens is 6. The number of rotatable bonds is 2. The second-order valence-corrected chi connectivity index (χ2v) is 6.67. The Morgan fingerprint density at radius 3 is 2.65 bits per heavy atom. The molecule has 4 heterocycles. The number of thiophene rings is 1. The molecule has 0 aliphatic carbocycles. The van der Waals surface area contributed by atoms with Crippen LogP contribution in [0.4, 0.5) is 0 Å². The van der Waals surface area contributed by atoms with Crippen molar-refractivity contribution in [1.82, 2.24) is 29.3 Å². The second-order valence-electron chi connectivity index (χ2n) is 5.31. The number of hydrogen-bond acceptors (Lipinski definition) is 5. The molecule has 4 rings (SSSR count). The molecule has 6 nitrogen and oxygen atoms in total. The zero-order chi connectivity index (χ0) is 16.1. The summed E-state index contributed by atoms with van der Waals surface area (Å²) in [6.07, 6.45) is 5.50. The van der Waals surface area contributed by atoms with Gasteiger partial charge in [-0.1, -0.05) is 11.6 Å². The summed E-state index contributed by atoms with van der Waals surface area (Å²) in [7, 11) is 3.81. The minimum absolute atomic E-state index is 0.448. The molecule has 23 heavy (non-hydrogen) atoms. The molecule has 0 spiro atoms. The van der Waals surface area contributed by atoms with Crippen molar-refractivity contribution in [1.29, 1.82) is 0 Å². The first-order chi connectivity index (χ1) is 11.0. The van der Waals surface area contributed by atoms with E-state index in [9.17, 15) is 0 Å². The molecule has 4 aromatic rings. The fraction of sp³-hybridized carbons (Fsp3) is 0.200. The highest BCUT2D eigenvalue weighted by Crippen LogP contribution is 2.39. The summed E-state index contributed by atoms with van der Waals surface area (Å²) in [5.74, 6) is 1.23. The predicted molar refractivity (Wildman–Crippen MR) is 91.6 cm³/mol. The molecular formula is C15H13ClN6S. The summed E-state index contributed by atoms with van der Waals surface area (Å²) in [5, 5.41) is 5.81. The number of hydrogen-bond donors (Lipinski definition) is 0. The summed E-state index contributed by atoms with van der Waals surface area (Å²) in [6, 6.07) is 1.98. The number of nitrogens with zero attached hydrogens (tertiary/aromatic N) is 6. The third-order valence-electron chi connectivity index (χ3n) is 3.71. The van der Waals surface area contributed by atoms with Gasteiger partial charge >= 0.3 is 0 Å². The zero-order valence-corrected chi connectivity index (χ0v) is 14.4. The van der Waals surface area contributed by atoms with Crippen molar-refractivity contribution < 1.29 is 0 Å². The van der Waals surface area contributed by atoms with Gasteiger partial charge in [-0.25, -0.2) is 15.0 Å². The van der Waals surface area contributed by atoms with E-state index in [0.29, 0.717) is 16.8 Å². The van der Waals surface area contributed by atoms with Crippen LogP contribution < -0.4 is 0 Å². The molecule has 0 aromatic carbocycles.